The fourth-order valence-corrected chi connectivity index (χ4v) is 3.76. The predicted molar refractivity (Wildman–Crippen MR) is 60.7 cm³/mol. The van der Waals surface area contributed by atoms with E-state index in [0.29, 0.717) is 12.5 Å². The van der Waals surface area contributed by atoms with Gasteiger partial charge in [-0.05, 0) is 26.7 Å². The van der Waals surface area contributed by atoms with Gasteiger partial charge in [0, 0.05) is 32.8 Å². The van der Waals surface area contributed by atoms with E-state index in [2.05, 4.69) is 0 Å². The molecule has 17 heavy (non-hydrogen) atoms. The molecule has 0 aliphatic rings. The molecule has 0 aromatic heterocycles. The topological polar surface area (TPSA) is 27.7 Å². The van der Waals surface area contributed by atoms with Gasteiger partial charge in [0.15, 0.2) is 0 Å². The highest BCUT2D eigenvalue weighted by Crippen LogP contribution is 2.25. The molecule has 0 aliphatic heterocycles. The van der Waals surface area contributed by atoms with Crippen molar-refractivity contribution in [2.75, 3.05) is 14.2 Å². The summed E-state index contributed by atoms with van der Waals surface area (Å²) in [4.78, 5) is 0. The van der Waals surface area contributed by atoms with Gasteiger partial charge in [-0.2, -0.15) is 13.2 Å². The second-order valence-electron chi connectivity index (χ2n) is 4.08. The summed E-state index contributed by atoms with van der Waals surface area (Å²) in [5.41, 5.74) is 0. The van der Waals surface area contributed by atoms with Gasteiger partial charge in [0.25, 0.3) is 0 Å². The van der Waals surface area contributed by atoms with E-state index < -0.39 is 21.4 Å². The Balaban J connectivity index is 4.09. The molecule has 7 heteroatoms. The molecule has 104 valence electrons. The highest BCUT2D eigenvalue weighted by Gasteiger charge is 2.39. The number of halogens is 3. The Hall–Kier alpha value is -0.113. The number of rotatable bonds is 8. The van der Waals surface area contributed by atoms with Crippen LogP contribution in [0.1, 0.15) is 33.1 Å². The molecule has 0 saturated heterocycles. The van der Waals surface area contributed by atoms with Crippen molar-refractivity contribution in [3.63, 3.8) is 0 Å². The second kappa shape index (κ2) is 7.35. The monoisotopic (exact) mass is 274 g/mol. The minimum Gasteiger partial charge on any atom is -0.377 e. The molecular weight excluding hydrogens is 253 g/mol. The van der Waals surface area contributed by atoms with Gasteiger partial charge in [-0.15, -0.1) is 0 Å². The first kappa shape index (κ1) is 16.9. The molecule has 0 aromatic rings. The minimum absolute atomic E-state index is 0.0656. The highest BCUT2D eigenvalue weighted by atomic mass is 28.4. The molecule has 0 fully saturated rings. The first-order chi connectivity index (χ1) is 7.74. The van der Waals surface area contributed by atoms with Crippen LogP contribution in [0.15, 0.2) is 0 Å². The molecule has 0 heterocycles. The maximum absolute atomic E-state index is 12.0. The SMILES string of the molecule is CO[Si](CCCCC(F)(F)F)(OC)OC(C)C. The van der Waals surface area contributed by atoms with Crippen LogP contribution in [0.3, 0.4) is 0 Å². The Bertz CT molecular complexity index is 205. The fourth-order valence-electron chi connectivity index (χ4n) is 1.47. The normalized spacial score (nSPS) is 13.4. The Morgan fingerprint density at radius 2 is 1.59 bits per heavy atom. The van der Waals surface area contributed by atoms with Gasteiger partial charge in [0.2, 0.25) is 0 Å². The van der Waals surface area contributed by atoms with E-state index in [1.54, 1.807) is 0 Å². The molecule has 3 nitrogen and oxygen atoms in total. The van der Waals surface area contributed by atoms with E-state index in [9.17, 15) is 13.2 Å². The fraction of sp³-hybridized carbons (Fsp3) is 1.00. The van der Waals surface area contributed by atoms with Crippen LogP contribution in [0.25, 0.3) is 0 Å². The molecule has 0 bridgehead atoms. The zero-order chi connectivity index (χ0) is 13.5. The molecule has 0 aromatic carbocycles. The van der Waals surface area contributed by atoms with Crippen LogP contribution in [-0.2, 0) is 13.3 Å². The van der Waals surface area contributed by atoms with E-state index in [1.165, 1.54) is 14.2 Å². The van der Waals surface area contributed by atoms with Crippen molar-refractivity contribution < 1.29 is 26.4 Å². The van der Waals surface area contributed by atoms with Crippen LogP contribution in [0.4, 0.5) is 13.2 Å². The second-order valence-corrected chi connectivity index (χ2v) is 7.00. The van der Waals surface area contributed by atoms with Crippen molar-refractivity contribution in [2.24, 2.45) is 0 Å². The lowest BCUT2D eigenvalue weighted by Crippen LogP contribution is -2.45. The lowest BCUT2D eigenvalue weighted by molar-refractivity contribution is -0.135. The van der Waals surface area contributed by atoms with Gasteiger partial charge >= 0.3 is 15.0 Å². The largest absolute Gasteiger partial charge is 0.500 e. The molecule has 0 radical (unpaired) electrons. The molecule has 0 saturated carbocycles. The molecule has 0 spiro atoms. The first-order valence-electron chi connectivity index (χ1n) is 5.59. The summed E-state index contributed by atoms with van der Waals surface area (Å²) in [5, 5.41) is 0. The quantitative estimate of drug-likeness (QED) is 0.501. The highest BCUT2D eigenvalue weighted by molar-refractivity contribution is 6.60. The summed E-state index contributed by atoms with van der Waals surface area (Å²) >= 11 is 0. The Morgan fingerprint density at radius 3 is 1.94 bits per heavy atom. The van der Waals surface area contributed by atoms with Crippen LogP contribution < -0.4 is 0 Å². The van der Waals surface area contributed by atoms with Gasteiger partial charge < -0.3 is 13.3 Å². The Kier molecular flexibility index (Phi) is 7.30. The third-order valence-corrected chi connectivity index (χ3v) is 5.27. The molecule has 0 unspecified atom stereocenters. The number of alkyl halides is 3. The lowest BCUT2D eigenvalue weighted by Gasteiger charge is -2.28. The van der Waals surface area contributed by atoms with Crippen molar-refractivity contribution in [1.82, 2.24) is 0 Å². The number of hydrogen-bond donors (Lipinski definition) is 0. The molecule has 0 amide bonds. The van der Waals surface area contributed by atoms with E-state index >= 15 is 0 Å². The average Bonchev–Trinajstić information content (AvgIpc) is 2.21. The molecule has 0 rings (SSSR count). The van der Waals surface area contributed by atoms with Crippen molar-refractivity contribution in [1.29, 1.82) is 0 Å². The zero-order valence-corrected chi connectivity index (χ0v) is 11.8. The van der Waals surface area contributed by atoms with Crippen molar-refractivity contribution >= 4 is 8.80 Å². The van der Waals surface area contributed by atoms with E-state index in [0.717, 1.165) is 0 Å². The molecule has 0 atom stereocenters. The van der Waals surface area contributed by atoms with Crippen LogP contribution >= 0.6 is 0 Å². The molecule has 0 aliphatic carbocycles. The summed E-state index contributed by atoms with van der Waals surface area (Å²) in [6.45, 7) is 3.69. The smallest absolute Gasteiger partial charge is 0.377 e. The number of unbranched alkanes of at least 4 members (excludes halogenated alkanes) is 1. The van der Waals surface area contributed by atoms with E-state index in [4.69, 9.17) is 13.3 Å². The van der Waals surface area contributed by atoms with Crippen molar-refractivity contribution in [2.45, 2.75) is 51.4 Å². The summed E-state index contributed by atoms with van der Waals surface area (Å²) in [5.74, 6) is 0. The summed E-state index contributed by atoms with van der Waals surface area (Å²) in [6.07, 6.45) is -4.47. The van der Waals surface area contributed by atoms with Gasteiger partial charge in [-0.1, -0.05) is 0 Å². The Labute approximate surface area is 102 Å². The predicted octanol–water partition coefficient (Wildman–Crippen LogP) is 3.38. The van der Waals surface area contributed by atoms with E-state index in [-0.39, 0.29) is 12.5 Å². The van der Waals surface area contributed by atoms with Crippen molar-refractivity contribution in [3.8, 4) is 0 Å². The zero-order valence-electron chi connectivity index (χ0n) is 10.8. The molecule has 0 N–H and O–H groups in total. The van der Waals surface area contributed by atoms with Crippen LogP contribution in [-0.4, -0.2) is 35.3 Å². The lowest BCUT2D eigenvalue weighted by atomic mass is 10.2. The van der Waals surface area contributed by atoms with Crippen LogP contribution in [0.2, 0.25) is 6.04 Å². The Morgan fingerprint density at radius 1 is 1.06 bits per heavy atom. The van der Waals surface area contributed by atoms with Gasteiger partial charge in [0.05, 0.1) is 0 Å². The minimum atomic E-state index is -4.09. The maximum atomic E-state index is 12.0. The maximum Gasteiger partial charge on any atom is 0.500 e. The van der Waals surface area contributed by atoms with E-state index in [1.807, 2.05) is 13.8 Å². The number of hydrogen-bond acceptors (Lipinski definition) is 3. The third kappa shape index (κ3) is 7.75. The van der Waals surface area contributed by atoms with Gasteiger partial charge in [0.1, 0.15) is 0 Å². The van der Waals surface area contributed by atoms with Crippen LogP contribution in [0, 0.1) is 0 Å². The summed E-state index contributed by atoms with van der Waals surface area (Å²) in [7, 11) is 0.178. The standard InChI is InChI=1S/C10H21F3O3Si/c1-9(2)16-17(14-3,15-4)8-6-5-7-10(11,12)13/h9H,5-8H2,1-4H3. The molecular formula is C10H21F3O3Si. The average molecular weight is 274 g/mol. The third-order valence-electron chi connectivity index (χ3n) is 2.23. The van der Waals surface area contributed by atoms with Crippen molar-refractivity contribution in [3.05, 3.63) is 0 Å². The van der Waals surface area contributed by atoms with Gasteiger partial charge in [-0.25, -0.2) is 0 Å². The first-order valence-corrected chi connectivity index (χ1v) is 7.53. The van der Waals surface area contributed by atoms with Gasteiger partial charge in [-0.3, -0.25) is 0 Å². The summed E-state index contributed by atoms with van der Waals surface area (Å²) in [6, 6.07) is 0.411. The summed E-state index contributed by atoms with van der Waals surface area (Å²) < 4.78 is 52.0. The van der Waals surface area contributed by atoms with Crippen LogP contribution in [0.5, 0.6) is 0 Å².